The average molecular weight is 736 g/mol. The molecule has 0 radical (unpaired) electrons. The van der Waals surface area contributed by atoms with Gasteiger partial charge in [-0.1, -0.05) is 155 Å². The molecule has 9 aromatic rings. The maximum absolute atomic E-state index is 2.49. The van der Waals surface area contributed by atoms with E-state index in [2.05, 4.69) is 209 Å². The Balaban J connectivity index is 1.09. The lowest BCUT2D eigenvalue weighted by Crippen LogP contribution is -2.16. The molecular weight excluding hydrogens is 695 g/mol. The van der Waals surface area contributed by atoms with E-state index in [-0.39, 0.29) is 10.8 Å². The molecule has 11 rings (SSSR count). The van der Waals surface area contributed by atoms with Gasteiger partial charge < -0.3 is 4.90 Å². The van der Waals surface area contributed by atoms with Crippen LogP contribution in [0.25, 0.3) is 64.7 Å². The molecule has 2 aliphatic carbocycles. The third-order valence-electron chi connectivity index (χ3n) is 12.7. The van der Waals surface area contributed by atoms with E-state index in [1.165, 1.54) is 92.6 Å². The highest BCUT2D eigenvalue weighted by atomic mass is 32.1. The van der Waals surface area contributed by atoms with Gasteiger partial charge in [0.1, 0.15) is 0 Å². The van der Waals surface area contributed by atoms with E-state index in [1.54, 1.807) is 0 Å². The van der Waals surface area contributed by atoms with Gasteiger partial charge in [-0.25, -0.2) is 0 Å². The van der Waals surface area contributed by atoms with Gasteiger partial charge in [0, 0.05) is 47.9 Å². The van der Waals surface area contributed by atoms with E-state index >= 15 is 0 Å². The first-order chi connectivity index (χ1) is 27.3. The van der Waals surface area contributed by atoms with Crippen LogP contribution >= 0.6 is 11.3 Å². The van der Waals surface area contributed by atoms with E-state index in [1.807, 2.05) is 11.3 Å². The van der Waals surface area contributed by atoms with Gasteiger partial charge in [-0.05, 0) is 110 Å². The first-order valence-corrected chi connectivity index (χ1v) is 20.5. The molecule has 0 fully saturated rings. The summed E-state index contributed by atoms with van der Waals surface area (Å²) in [6.45, 7) is 9.45. The second-order valence-electron chi connectivity index (χ2n) is 16.5. The largest absolute Gasteiger partial charge is 0.310 e. The zero-order valence-electron chi connectivity index (χ0n) is 32.1. The van der Waals surface area contributed by atoms with E-state index in [4.69, 9.17) is 0 Å². The number of hydrogen-bond acceptors (Lipinski definition) is 2. The summed E-state index contributed by atoms with van der Waals surface area (Å²) in [4.78, 5) is 2.49. The Morgan fingerprint density at radius 1 is 0.375 bits per heavy atom. The molecule has 0 bridgehead atoms. The van der Waals surface area contributed by atoms with Crippen molar-refractivity contribution in [1.82, 2.24) is 0 Å². The Hall–Kier alpha value is -6.22. The lowest BCUT2D eigenvalue weighted by molar-refractivity contribution is 0.660. The summed E-state index contributed by atoms with van der Waals surface area (Å²) in [7, 11) is 0. The first-order valence-electron chi connectivity index (χ1n) is 19.7. The molecule has 1 aromatic heterocycles. The zero-order valence-corrected chi connectivity index (χ0v) is 32.9. The quantitative estimate of drug-likeness (QED) is 0.170. The smallest absolute Gasteiger partial charge is 0.0543 e. The van der Waals surface area contributed by atoms with Gasteiger partial charge >= 0.3 is 0 Å². The fourth-order valence-electron chi connectivity index (χ4n) is 9.87. The SMILES string of the molecule is CC1(C)c2ccccc2-c2c(-c3cccc(N(c4ccc(-c5ccc6sc7ccccc7c6c5)cc4)c4cccc5c4-c4ccccc4C5(C)C)c3)cccc21. The summed E-state index contributed by atoms with van der Waals surface area (Å²) >= 11 is 1.87. The number of anilines is 3. The van der Waals surface area contributed by atoms with Crippen LogP contribution in [0.4, 0.5) is 17.1 Å². The summed E-state index contributed by atoms with van der Waals surface area (Å²) in [5, 5.41) is 2.65. The van der Waals surface area contributed by atoms with Gasteiger partial charge in [0.15, 0.2) is 0 Å². The third-order valence-corrected chi connectivity index (χ3v) is 13.8. The molecule has 2 heteroatoms. The summed E-state index contributed by atoms with van der Waals surface area (Å²) in [5.74, 6) is 0. The minimum Gasteiger partial charge on any atom is -0.310 e. The number of fused-ring (bicyclic) bond motifs is 9. The minimum absolute atomic E-state index is 0.0564. The lowest BCUT2D eigenvalue weighted by Gasteiger charge is -2.29. The molecule has 268 valence electrons. The second-order valence-corrected chi connectivity index (χ2v) is 17.6. The summed E-state index contributed by atoms with van der Waals surface area (Å²) in [6, 6.07) is 65.8. The number of nitrogens with zero attached hydrogens (tertiary/aromatic N) is 1. The minimum atomic E-state index is -0.103. The monoisotopic (exact) mass is 735 g/mol. The first kappa shape index (κ1) is 33.1. The fourth-order valence-corrected chi connectivity index (χ4v) is 11.0. The maximum Gasteiger partial charge on any atom is 0.0543 e. The van der Waals surface area contributed by atoms with Crippen LogP contribution in [0, 0.1) is 0 Å². The standard InChI is InChI=1S/C54H41NS/c1-53(2)44-20-8-5-17-41(44)51-39(19-12-22-46(51)53)36-14-11-15-38(32-36)55(48-24-13-23-47-52(48)42-18-6-9-21-45(42)54(47,3)4)37-29-26-34(27-30-37)35-28-31-50-43(33-35)40-16-7-10-25-49(40)56-50/h5-33H,1-4H3. The van der Waals surface area contributed by atoms with E-state index in [0.29, 0.717) is 0 Å². The second kappa shape index (κ2) is 12.1. The van der Waals surface area contributed by atoms with Gasteiger partial charge in [0.2, 0.25) is 0 Å². The van der Waals surface area contributed by atoms with Gasteiger partial charge in [-0.15, -0.1) is 11.3 Å². The molecule has 0 atom stereocenters. The Bertz CT molecular complexity index is 3030. The Labute approximate surface area is 333 Å². The topological polar surface area (TPSA) is 3.24 Å². The molecule has 0 saturated carbocycles. The molecule has 1 nitrogen and oxygen atoms in total. The molecule has 1 heterocycles. The van der Waals surface area contributed by atoms with Gasteiger partial charge in [-0.2, -0.15) is 0 Å². The van der Waals surface area contributed by atoms with Crippen LogP contribution in [-0.4, -0.2) is 0 Å². The zero-order chi connectivity index (χ0) is 37.8. The molecule has 8 aromatic carbocycles. The normalized spacial score (nSPS) is 14.4. The van der Waals surface area contributed by atoms with Crippen LogP contribution in [-0.2, 0) is 10.8 Å². The molecule has 0 saturated heterocycles. The van der Waals surface area contributed by atoms with E-state index in [0.717, 1.165) is 11.4 Å². The van der Waals surface area contributed by atoms with Crippen LogP contribution in [0.1, 0.15) is 49.9 Å². The van der Waals surface area contributed by atoms with Crippen molar-refractivity contribution < 1.29 is 0 Å². The van der Waals surface area contributed by atoms with Crippen molar-refractivity contribution >= 4 is 48.6 Å². The molecule has 2 aliphatic rings. The molecule has 0 aliphatic heterocycles. The third kappa shape index (κ3) is 4.79. The molecule has 0 spiro atoms. The predicted molar refractivity (Wildman–Crippen MR) is 240 cm³/mol. The van der Waals surface area contributed by atoms with E-state index < -0.39 is 0 Å². The highest BCUT2D eigenvalue weighted by Crippen LogP contribution is 2.55. The molecule has 0 amide bonds. The van der Waals surface area contributed by atoms with Crippen LogP contribution < -0.4 is 4.90 Å². The number of benzene rings is 8. The number of rotatable bonds is 5. The molecule has 56 heavy (non-hydrogen) atoms. The van der Waals surface area contributed by atoms with Gasteiger partial charge in [0.25, 0.3) is 0 Å². The molecule has 0 N–H and O–H groups in total. The van der Waals surface area contributed by atoms with Crippen molar-refractivity contribution in [3.8, 4) is 44.5 Å². The van der Waals surface area contributed by atoms with Gasteiger partial charge in [-0.3, -0.25) is 0 Å². The van der Waals surface area contributed by atoms with Crippen LogP contribution in [0.5, 0.6) is 0 Å². The van der Waals surface area contributed by atoms with Crippen LogP contribution in [0.2, 0.25) is 0 Å². The predicted octanol–water partition coefficient (Wildman–Crippen LogP) is 15.5. The van der Waals surface area contributed by atoms with Crippen molar-refractivity contribution in [3.05, 3.63) is 198 Å². The lowest BCUT2D eigenvalue weighted by atomic mass is 9.82. The van der Waals surface area contributed by atoms with Crippen molar-refractivity contribution in [3.63, 3.8) is 0 Å². The number of thiophene rings is 1. The average Bonchev–Trinajstić information content (AvgIpc) is 3.81. The maximum atomic E-state index is 2.49. The molecular formula is C54H41NS. The van der Waals surface area contributed by atoms with E-state index in [9.17, 15) is 0 Å². The highest BCUT2D eigenvalue weighted by molar-refractivity contribution is 7.25. The Morgan fingerprint density at radius 3 is 1.71 bits per heavy atom. The van der Waals surface area contributed by atoms with Crippen molar-refractivity contribution in [2.45, 2.75) is 38.5 Å². The summed E-state index contributed by atoms with van der Waals surface area (Å²) in [6.07, 6.45) is 0. The Morgan fingerprint density at radius 2 is 0.946 bits per heavy atom. The van der Waals surface area contributed by atoms with Crippen molar-refractivity contribution in [2.75, 3.05) is 4.90 Å². The van der Waals surface area contributed by atoms with Gasteiger partial charge in [0.05, 0.1) is 5.69 Å². The Kier molecular flexibility index (Phi) is 7.18. The van der Waals surface area contributed by atoms with Crippen molar-refractivity contribution in [2.24, 2.45) is 0 Å². The van der Waals surface area contributed by atoms with Crippen LogP contribution in [0.15, 0.2) is 176 Å². The summed E-state index contributed by atoms with van der Waals surface area (Å²) < 4.78 is 2.66. The summed E-state index contributed by atoms with van der Waals surface area (Å²) in [5.41, 5.74) is 19.1. The fraction of sp³-hybridized carbons (Fsp3) is 0.111. The van der Waals surface area contributed by atoms with Crippen LogP contribution in [0.3, 0.4) is 0 Å². The highest BCUT2D eigenvalue weighted by Gasteiger charge is 2.38. The molecule has 0 unspecified atom stereocenters. The number of hydrogen-bond donors (Lipinski definition) is 0. The van der Waals surface area contributed by atoms with Crippen molar-refractivity contribution in [1.29, 1.82) is 0 Å².